The minimum Gasteiger partial charge on any atom is -0.340 e. The van der Waals surface area contributed by atoms with Crippen molar-refractivity contribution in [3.8, 4) is 0 Å². The Bertz CT molecular complexity index is 365. The summed E-state index contributed by atoms with van der Waals surface area (Å²) in [6.45, 7) is 7.67. The molecule has 3 unspecified atom stereocenters. The Labute approximate surface area is 109 Å². The molecule has 2 fully saturated rings. The van der Waals surface area contributed by atoms with Crippen LogP contribution in [0.1, 0.15) is 53.4 Å². The molecule has 4 heteroatoms. The first-order valence-corrected chi connectivity index (χ1v) is 7.04. The van der Waals surface area contributed by atoms with Crippen LogP contribution in [0.15, 0.2) is 0 Å². The molecule has 2 amide bonds. The summed E-state index contributed by atoms with van der Waals surface area (Å²) < 4.78 is 0. The van der Waals surface area contributed by atoms with E-state index in [1.54, 1.807) is 4.90 Å². The molecule has 1 saturated heterocycles. The molecule has 1 saturated carbocycles. The van der Waals surface area contributed by atoms with E-state index in [4.69, 9.17) is 0 Å². The van der Waals surface area contributed by atoms with E-state index >= 15 is 0 Å². The lowest BCUT2D eigenvalue weighted by Crippen LogP contribution is -2.69. The van der Waals surface area contributed by atoms with Crippen molar-refractivity contribution in [1.29, 1.82) is 0 Å². The van der Waals surface area contributed by atoms with Gasteiger partial charge in [-0.2, -0.15) is 0 Å². The quantitative estimate of drug-likeness (QED) is 0.827. The van der Waals surface area contributed by atoms with Crippen LogP contribution in [0.5, 0.6) is 0 Å². The zero-order valence-corrected chi connectivity index (χ0v) is 11.8. The van der Waals surface area contributed by atoms with Crippen LogP contribution in [-0.4, -0.2) is 34.3 Å². The predicted octanol–water partition coefficient (Wildman–Crippen LogP) is 1.69. The Hall–Kier alpha value is -1.06. The summed E-state index contributed by atoms with van der Waals surface area (Å²) >= 11 is 0. The van der Waals surface area contributed by atoms with Crippen molar-refractivity contribution in [3.63, 3.8) is 0 Å². The highest BCUT2D eigenvalue weighted by molar-refractivity contribution is 5.99. The van der Waals surface area contributed by atoms with E-state index < -0.39 is 5.54 Å². The number of carbonyl (C=O) groups is 2. The van der Waals surface area contributed by atoms with Gasteiger partial charge in [-0.1, -0.05) is 19.8 Å². The first-order chi connectivity index (χ1) is 8.39. The van der Waals surface area contributed by atoms with Crippen molar-refractivity contribution in [3.05, 3.63) is 0 Å². The van der Waals surface area contributed by atoms with Crippen molar-refractivity contribution < 1.29 is 9.59 Å². The minimum atomic E-state index is -0.721. The monoisotopic (exact) mass is 252 g/mol. The van der Waals surface area contributed by atoms with Crippen LogP contribution in [0.4, 0.5) is 0 Å². The molecule has 2 rings (SSSR count). The van der Waals surface area contributed by atoms with E-state index in [-0.39, 0.29) is 23.9 Å². The molecule has 0 aromatic heterocycles. The van der Waals surface area contributed by atoms with Gasteiger partial charge in [-0.3, -0.25) is 9.59 Å². The molecule has 102 valence electrons. The largest absolute Gasteiger partial charge is 0.340 e. The van der Waals surface area contributed by atoms with E-state index in [1.807, 2.05) is 20.8 Å². The maximum Gasteiger partial charge on any atom is 0.248 e. The molecule has 0 aromatic rings. The molecule has 1 aliphatic carbocycles. The van der Waals surface area contributed by atoms with Crippen LogP contribution in [0, 0.1) is 5.92 Å². The summed E-state index contributed by atoms with van der Waals surface area (Å²) in [6.07, 6.45) is 4.22. The van der Waals surface area contributed by atoms with E-state index in [2.05, 4.69) is 12.2 Å². The third kappa shape index (κ3) is 2.25. The summed E-state index contributed by atoms with van der Waals surface area (Å²) in [5.74, 6) is 0.810. The number of piperazine rings is 1. The molecule has 18 heavy (non-hydrogen) atoms. The minimum absolute atomic E-state index is 0.0263. The average molecular weight is 252 g/mol. The third-order valence-corrected chi connectivity index (χ3v) is 4.46. The zero-order valence-electron chi connectivity index (χ0n) is 11.8. The standard InChI is InChI=1S/C14H24N2O2/c1-5-14(4)13(18)16(10(3)12(17)15-14)9(2)8-11-6-7-11/h9-11H,5-8H2,1-4H3,(H,15,17). The second-order valence-electron chi connectivity index (χ2n) is 6.09. The molecule has 1 N–H and O–H groups in total. The Kier molecular flexibility index (Phi) is 3.39. The molecule has 3 atom stereocenters. The van der Waals surface area contributed by atoms with Gasteiger partial charge in [0.2, 0.25) is 11.8 Å². The van der Waals surface area contributed by atoms with Crippen molar-refractivity contribution in [2.24, 2.45) is 5.92 Å². The normalized spacial score (nSPS) is 34.4. The number of nitrogens with zero attached hydrogens (tertiary/aromatic N) is 1. The van der Waals surface area contributed by atoms with E-state index in [1.165, 1.54) is 12.8 Å². The maximum absolute atomic E-state index is 12.6. The van der Waals surface area contributed by atoms with Gasteiger partial charge in [0.25, 0.3) is 0 Å². The van der Waals surface area contributed by atoms with Gasteiger partial charge in [-0.25, -0.2) is 0 Å². The van der Waals surface area contributed by atoms with Crippen molar-refractivity contribution >= 4 is 11.8 Å². The molecule has 0 bridgehead atoms. The van der Waals surface area contributed by atoms with Crippen molar-refractivity contribution in [1.82, 2.24) is 10.2 Å². The Morgan fingerprint density at radius 3 is 2.56 bits per heavy atom. The average Bonchev–Trinajstić information content (AvgIpc) is 3.11. The van der Waals surface area contributed by atoms with Gasteiger partial charge in [-0.05, 0) is 39.5 Å². The fraction of sp³-hybridized carbons (Fsp3) is 0.857. The fourth-order valence-electron chi connectivity index (χ4n) is 2.79. The number of rotatable bonds is 4. The topological polar surface area (TPSA) is 49.4 Å². The lowest BCUT2D eigenvalue weighted by atomic mass is 9.90. The van der Waals surface area contributed by atoms with E-state index in [0.717, 1.165) is 12.3 Å². The van der Waals surface area contributed by atoms with E-state index in [0.29, 0.717) is 6.42 Å². The SMILES string of the molecule is CCC1(C)NC(=O)C(C)N(C(C)CC2CC2)C1=O. The first kappa shape index (κ1) is 13.4. The number of nitrogens with one attached hydrogen (secondary N) is 1. The first-order valence-electron chi connectivity index (χ1n) is 7.04. The van der Waals surface area contributed by atoms with Gasteiger partial charge in [-0.15, -0.1) is 0 Å². The van der Waals surface area contributed by atoms with Gasteiger partial charge < -0.3 is 10.2 Å². The second-order valence-corrected chi connectivity index (χ2v) is 6.09. The molecule has 2 aliphatic rings. The maximum atomic E-state index is 12.6. The van der Waals surface area contributed by atoms with Crippen LogP contribution < -0.4 is 5.32 Å². The van der Waals surface area contributed by atoms with Gasteiger partial charge in [0.1, 0.15) is 11.6 Å². The molecular formula is C14H24N2O2. The lowest BCUT2D eigenvalue weighted by Gasteiger charge is -2.45. The second kappa shape index (κ2) is 4.56. The van der Waals surface area contributed by atoms with Gasteiger partial charge >= 0.3 is 0 Å². The molecule has 4 nitrogen and oxygen atoms in total. The van der Waals surface area contributed by atoms with Crippen molar-refractivity contribution in [2.75, 3.05) is 0 Å². The van der Waals surface area contributed by atoms with Crippen LogP contribution in [0.25, 0.3) is 0 Å². The Morgan fingerprint density at radius 2 is 2.06 bits per heavy atom. The fourth-order valence-corrected chi connectivity index (χ4v) is 2.79. The molecule has 1 heterocycles. The molecule has 1 aliphatic heterocycles. The smallest absolute Gasteiger partial charge is 0.248 e. The van der Waals surface area contributed by atoms with Crippen LogP contribution in [-0.2, 0) is 9.59 Å². The van der Waals surface area contributed by atoms with Crippen molar-refractivity contribution in [2.45, 2.75) is 71.0 Å². The summed E-state index contributed by atoms with van der Waals surface area (Å²) in [5.41, 5.74) is -0.721. The Morgan fingerprint density at radius 1 is 1.44 bits per heavy atom. The van der Waals surface area contributed by atoms with Gasteiger partial charge in [0.05, 0.1) is 0 Å². The zero-order chi connectivity index (χ0) is 13.5. The lowest BCUT2D eigenvalue weighted by molar-refractivity contribution is -0.156. The summed E-state index contributed by atoms with van der Waals surface area (Å²) in [4.78, 5) is 26.4. The summed E-state index contributed by atoms with van der Waals surface area (Å²) in [6, 6.07) is -0.178. The highest BCUT2D eigenvalue weighted by Crippen LogP contribution is 2.36. The van der Waals surface area contributed by atoms with Gasteiger partial charge in [0, 0.05) is 6.04 Å². The summed E-state index contributed by atoms with van der Waals surface area (Å²) in [5, 5.41) is 2.87. The van der Waals surface area contributed by atoms with E-state index in [9.17, 15) is 9.59 Å². The molecule has 0 aromatic carbocycles. The molecular weight excluding hydrogens is 228 g/mol. The number of hydrogen-bond acceptors (Lipinski definition) is 2. The molecule has 0 spiro atoms. The third-order valence-electron chi connectivity index (χ3n) is 4.46. The Balaban J connectivity index is 2.18. The number of hydrogen-bond donors (Lipinski definition) is 1. The van der Waals surface area contributed by atoms with Crippen LogP contribution in [0.2, 0.25) is 0 Å². The highest BCUT2D eigenvalue weighted by atomic mass is 16.2. The number of carbonyl (C=O) groups excluding carboxylic acids is 2. The highest BCUT2D eigenvalue weighted by Gasteiger charge is 2.47. The van der Waals surface area contributed by atoms with Crippen LogP contribution in [0.3, 0.4) is 0 Å². The summed E-state index contributed by atoms with van der Waals surface area (Å²) in [7, 11) is 0. The number of amides is 2. The van der Waals surface area contributed by atoms with Crippen LogP contribution >= 0.6 is 0 Å². The molecule has 0 radical (unpaired) electrons. The van der Waals surface area contributed by atoms with Gasteiger partial charge in [0.15, 0.2) is 0 Å². The predicted molar refractivity (Wildman–Crippen MR) is 69.9 cm³/mol.